The molecule has 2 saturated heterocycles. The van der Waals surface area contributed by atoms with Crippen LogP contribution < -0.4 is 10.6 Å². The lowest BCUT2D eigenvalue weighted by Gasteiger charge is -2.36. The standard InChI is InChI=1S/C25H26N6O2/c1-3-23(32)29-21-8-10-26-20-7-4-15(12-19(20)21)24-27-11-9-22(30-24)25(33)28-16-13-17-5-6-18(14-16)31(17)2/h3-4,7-12,16-18H,1,5-6,13-14H2,2H3,(H,28,33)(H,26,29,32). The Balaban J connectivity index is 1.38. The van der Waals surface area contributed by atoms with Gasteiger partial charge < -0.3 is 15.5 Å². The maximum Gasteiger partial charge on any atom is 0.270 e. The molecule has 2 fully saturated rings. The van der Waals surface area contributed by atoms with Crippen LogP contribution in [0.25, 0.3) is 22.3 Å². The molecule has 2 aliphatic heterocycles. The van der Waals surface area contributed by atoms with E-state index < -0.39 is 0 Å². The molecule has 8 heteroatoms. The number of fused-ring (bicyclic) bond motifs is 3. The number of carbonyl (C=O) groups excluding carboxylic acids is 2. The van der Waals surface area contributed by atoms with Gasteiger partial charge in [-0.15, -0.1) is 0 Å². The van der Waals surface area contributed by atoms with Crippen LogP contribution in [0.1, 0.15) is 36.2 Å². The second kappa shape index (κ2) is 8.71. The molecule has 0 saturated carbocycles. The largest absolute Gasteiger partial charge is 0.348 e. The number of piperidine rings is 1. The van der Waals surface area contributed by atoms with Crippen molar-refractivity contribution in [1.82, 2.24) is 25.2 Å². The number of hydrogen-bond acceptors (Lipinski definition) is 6. The van der Waals surface area contributed by atoms with E-state index in [9.17, 15) is 9.59 Å². The van der Waals surface area contributed by atoms with Crippen molar-refractivity contribution < 1.29 is 9.59 Å². The van der Waals surface area contributed by atoms with E-state index in [4.69, 9.17) is 0 Å². The summed E-state index contributed by atoms with van der Waals surface area (Å²) in [7, 11) is 2.18. The quantitative estimate of drug-likeness (QED) is 0.589. The summed E-state index contributed by atoms with van der Waals surface area (Å²) in [5.74, 6) is -0.0305. The van der Waals surface area contributed by atoms with Crippen LogP contribution in [-0.2, 0) is 4.79 Å². The van der Waals surface area contributed by atoms with E-state index >= 15 is 0 Å². The van der Waals surface area contributed by atoms with E-state index in [1.807, 2.05) is 18.2 Å². The first kappa shape index (κ1) is 21.2. The summed E-state index contributed by atoms with van der Waals surface area (Å²) in [4.78, 5) is 40.5. The van der Waals surface area contributed by atoms with Crippen molar-refractivity contribution in [3.63, 3.8) is 0 Å². The lowest BCUT2D eigenvalue weighted by atomic mass is 9.98. The number of nitrogens with one attached hydrogen (secondary N) is 2. The average molecular weight is 443 g/mol. The van der Waals surface area contributed by atoms with Crippen LogP contribution >= 0.6 is 0 Å². The molecule has 0 aliphatic carbocycles. The molecule has 2 N–H and O–H groups in total. The second-order valence-electron chi connectivity index (χ2n) is 8.74. The van der Waals surface area contributed by atoms with Crippen LogP contribution in [0.5, 0.6) is 0 Å². The number of carbonyl (C=O) groups is 2. The van der Waals surface area contributed by atoms with Gasteiger partial charge in [-0.05, 0) is 69.1 Å². The van der Waals surface area contributed by atoms with Crippen molar-refractivity contribution in [2.24, 2.45) is 0 Å². The van der Waals surface area contributed by atoms with Crippen LogP contribution in [0.15, 0.2) is 55.4 Å². The van der Waals surface area contributed by atoms with Gasteiger partial charge in [-0.1, -0.05) is 6.58 Å². The molecule has 2 aromatic heterocycles. The smallest absolute Gasteiger partial charge is 0.270 e. The maximum absolute atomic E-state index is 13.0. The molecule has 168 valence electrons. The lowest BCUT2D eigenvalue weighted by molar-refractivity contribution is -0.111. The van der Waals surface area contributed by atoms with Gasteiger partial charge in [0.1, 0.15) is 5.69 Å². The van der Waals surface area contributed by atoms with E-state index in [1.54, 1.807) is 24.5 Å². The lowest BCUT2D eigenvalue weighted by Crippen LogP contribution is -2.48. The zero-order valence-corrected chi connectivity index (χ0v) is 18.5. The third kappa shape index (κ3) is 4.21. The van der Waals surface area contributed by atoms with Gasteiger partial charge in [0.2, 0.25) is 5.91 Å². The van der Waals surface area contributed by atoms with Crippen LogP contribution in [0.2, 0.25) is 0 Å². The van der Waals surface area contributed by atoms with Crippen LogP contribution in [0.3, 0.4) is 0 Å². The Labute approximate surface area is 192 Å². The zero-order chi connectivity index (χ0) is 22.9. The van der Waals surface area contributed by atoms with Crippen LogP contribution in [-0.4, -0.2) is 56.8 Å². The average Bonchev–Trinajstić information content (AvgIpc) is 3.04. The third-order valence-corrected chi connectivity index (χ3v) is 6.76. The molecule has 8 nitrogen and oxygen atoms in total. The van der Waals surface area contributed by atoms with Gasteiger partial charge in [-0.3, -0.25) is 14.6 Å². The van der Waals surface area contributed by atoms with Gasteiger partial charge in [0.05, 0.1) is 11.2 Å². The van der Waals surface area contributed by atoms with Crippen LogP contribution in [0.4, 0.5) is 5.69 Å². The Kier molecular flexibility index (Phi) is 5.60. The summed E-state index contributed by atoms with van der Waals surface area (Å²) < 4.78 is 0. The normalized spacial score (nSPS) is 22.2. The molecule has 2 atom stereocenters. The number of amides is 2. The van der Waals surface area contributed by atoms with Crippen molar-refractivity contribution in [1.29, 1.82) is 0 Å². The summed E-state index contributed by atoms with van der Waals surface area (Å²) in [6.45, 7) is 3.50. The number of rotatable bonds is 5. The highest BCUT2D eigenvalue weighted by Crippen LogP contribution is 2.34. The third-order valence-electron chi connectivity index (χ3n) is 6.76. The van der Waals surface area contributed by atoms with E-state index in [2.05, 4.69) is 44.1 Å². The number of benzene rings is 1. The minimum Gasteiger partial charge on any atom is -0.348 e. The molecule has 1 aromatic carbocycles. The second-order valence-corrected chi connectivity index (χ2v) is 8.74. The fourth-order valence-corrected chi connectivity index (χ4v) is 4.99. The molecule has 0 radical (unpaired) electrons. The monoisotopic (exact) mass is 442 g/mol. The van der Waals surface area contributed by atoms with E-state index in [0.717, 1.165) is 29.3 Å². The minimum absolute atomic E-state index is 0.172. The van der Waals surface area contributed by atoms with Gasteiger partial charge in [0.15, 0.2) is 5.82 Å². The fraction of sp³-hybridized carbons (Fsp3) is 0.320. The van der Waals surface area contributed by atoms with E-state index in [0.29, 0.717) is 29.3 Å². The van der Waals surface area contributed by atoms with Crippen molar-refractivity contribution >= 4 is 28.4 Å². The SMILES string of the molecule is C=CC(=O)Nc1ccnc2ccc(-c3nccc(C(=O)NC4CC5CCC(C4)N5C)n3)cc12. The highest BCUT2D eigenvalue weighted by molar-refractivity contribution is 6.05. The zero-order valence-electron chi connectivity index (χ0n) is 18.5. The number of hydrogen-bond donors (Lipinski definition) is 2. The maximum atomic E-state index is 13.0. The first-order chi connectivity index (χ1) is 16.0. The minimum atomic E-state index is -0.301. The van der Waals surface area contributed by atoms with Gasteiger partial charge in [-0.2, -0.15) is 0 Å². The molecular formula is C25H26N6O2. The Hall–Kier alpha value is -3.65. The molecule has 33 heavy (non-hydrogen) atoms. The van der Waals surface area contributed by atoms with Gasteiger partial charge in [0, 0.05) is 41.5 Å². The summed E-state index contributed by atoms with van der Waals surface area (Å²) in [5.41, 5.74) is 2.43. The highest BCUT2D eigenvalue weighted by Gasteiger charge is 2.38. The Morgan fingerprint density at radius 2 is 1.85 bits per heavy atom. The number of aromatic nitrogens is 3. The molecule has 3 aromatic rings. The molecule has 5 rings (SSSR count). The predicted octanol–water partition coefficient (Wildman–Crippen LogP) is 3.17. The molecule has 2 amide bonds. The Bertz CT molecular complexity index is 1230. The molecule has 2 unspecified atom stereocenters. The highest BCUT2D eigenvalue weighted by atomic mass is 16.2. The van der Waals surface area contributed by atoms with Crippen molar-refractivity contribution in [2.75, 3.05) is 12.4 Å². The van der Waals surface area contributed by atoms with Crippen molar-refractivity contribution in [3.05, 3.63) is 61.1 Å². The number of pyridine rings is 1. The summed E-state index contributed by atoms with van der Waals surface area (Å²) in [6.07, 6.45) is 8.83. The molecule has 0 spiro atoms. The Morgan fingerprint density at radius 3 is 2.61 bits per heavy atom. The van der Waals surface area contributed by atoms with Gasteiger partial charge >= 0.3 is 0 Å². The number of anilines is 1. The number of nitrogens with zero attached hydrogens (tertiary/aromatic N) is 4. The summed E-state index contributed by atoms with van der Waals surface area (Å²) >= 11 is 0. The topological polar surface area (TPSA) is 100 Å². The Morgan fingerprint density at radius 1 is 1.09 bits per heavy atom. The summed E-state index contributed by atoms with van der Waals surface area (Å²) in [5, 5.41) is 6.73. The molecule has 2 aliphatic rings. The van der Waals surface area contributed by atoms with Gasteiger partial charge in [-0.25, -0.2) is 9.97 Å². The van der Waals surface area contributed by atoms with E-state index in [-0.39, 0.29) is 17.9 Å². The van der Waals surface area contributed by atoms with Crippen molar-refractivity contribution in [3.8, 4) is 11.4 Å². The van der Waals surface area contributed by atoms with Crippen LogP contribution in [0, 0.1) is 0 Å². The molecule has 2 bridgehead atoms. The molecule has 4 heterocycles. The first-order valence-electron chi connectivity index (χ1n) is 11.2. The predicted molar refractivity (Wildman–Crippen MR) is 127 cm³/mol. The van der Waals surface area contributed by atoms with Gasteiger partial charge in [0.25, 0.3) is 5.91 Å². The fourth-order valence-electron chi connectivity index (χ4n) is 4.99. The molecular weight excluding hydrogens is 416 g/mol. The van der Waals surface area contributed by atoms with E-state index in [1.165, 1.54) is 18.9 Å². The van der Waals surface area contributed by atoms with Crippen molar-refractivity contribution in [2.45, 2.75) is 43.8 Å². The first-order valence-corrected chi connectivity index (χ1v) is 11.2. The summed E-state index contributed by atoms with van der Waals surface area (Å²) in [6, 6.07) is 10.2.